The SMILES string of the molecule is Cc1cccc(/C=C/c2n[nH]c(=O)c(C#N)c2C)c1. The maximum Gasteiger partial charge on any atom is 0.282 e. The number of nitriles is 1. The Balaban J connectivity index is 2.40. The van der Waals surface area contributed by atoms with Gasteiger partial charge in [0.2, 0.25) is 0 Å². The number of H-pyrrole nitrogens is 1. The Bertz CT molecular complexity index is 736. The summed E-state index contributed by atoms with van der Waals surface area (Å²) in [6, 6.07) is 9.92. The molecule has 0 aliphatic carbocycles. The van der Waals surface area contributed by atoms with Crippen LogP contribution >= 0.6 is 0 Å². The molecule has 2 aromatic rings. The van der Waals surface area contributed by atoms with Gasteiger partial charge in [-0.25, -0.2) is 5.10 Å². The van der Waals surface area contributed by atoms with Gasteiger partial charge in [-0.2, -0.15) is 10.4 Å². The van der Waals surface area contributed by atoms with Crippen molar-refractivity contribution in [3.63, 3.8) is 0 Å². The molecule has 1 heterocycles. The molecule has 4 nitrogen and oxygen atoms in total. The zero-order chi connectivity index (χ0) is 13.8. The number of aryl methyl sites for hydroxylation is 1. The van der Waals surface area contributed by atoms with Gasteiger partial charge in [0, 0.05) is 0 Å². The van der Waals surface area contributed by atoms with E-state index in [0.29, 0.717) is 11.3 Å². The van der Waals surface area contributed by atoms with Crippen LogP contribution in [0.2, 0.25) is 0 Å². The summed E-state index contributed by atoms with van der Waals surface area (Å²) < 4.78 is 0. The van der Waals surface area contributed by atoms with E-state index in [-0.39, 0.29) is 5.56 Å². The number of hydrogen-bond donors (Lipinski definition) is 1. The van der Waals surface area contributed by atoms with E-state index in [4.69, 9.17) is 5.26 Å². The van der Waals surface area contributed by atoms with Crippen molar-refractivity contribution in [3.05, 3.63) is 62.6 Å². The molecule has 4 heteroatoms. The van der Waals surface area contributed by atoms with Crippen molar-refractivity contribution in [1.82, 2.24) is 10.2 Å². The van der Waals surface area contributed by atoms with Gasteiger partial charge >= 0.3 is 0 Å². The third-order valence-electron chi connectivity index (χ3n) is 2.85. The summed E-state index contributed by atoms with van der Waals surface area (Å²) in [4.78, 5) is 11.4. The quantitative estimate of drug-likeness (QED) is 0.891. The second-order valence-electron chi connectivity index (χ2n) is 4.30. The zero-order valence-electron chi connectivity index (χ0n) is 10.8. The highest BCUT2D eigenvalue weighted by molar-refractivity contribution is 5.70. The fraction of sp³-hybridized carbons (Fsp3) is 0.133. The van der Waals surface area contributed by atoms with E-state index in [1.54, 1.807) is 13.0 Å². The Hall–Kier alpha value is -2.67. The molecule has 1 N–H and O–H groups in total. The van der Waals surface area contributed by atoms with Crippen molar-refractivity contribution in [2.45, 2.75) is 13.8 Å². The van der Waals surface area contributed by atoms with E-state index < -0.39 is 5.56 Å². The number of benzene rings is 1. The van der Waals surface area contributed by atoms with Crippen LogP contribution in [0.15, 0.2) is 29.1 Å². The Labute approximate surface area is 111 Å². The van der Waals surface area contributed by atoms with Gasteiger partial charge in [0.25, 0.3) is 5.56 Å². The molecule has 0 amide bonds. The summed E-state index contributed by atoms with van der Waals surface area (Å²) in [5.41, 5.74) is 3.07. The third-order valence-corrected chi connectivity index (χ3v) is 2.85. The molecule has 0 saturated carbocycles. The number of aromatic amines is 1. The van der Waals surface area contributed by atoms with Gasteiger partial charge in [0.05, 0.1) is 5.69 Å². The Morgan fingerprint density at radius 2 is 2.11 bits per heavy atom. The van der Waals surface area contributed by atoms with Crippen molar-refractivity contribution >= 4 is 12.2 Å². The van der Waals surface area contributed by atoms with Gasteiger partial charge in [0.15, 0.2) is 0 Å². The largest absolute Gasteiger partial charge is 0.282 e. The van der Waals surface area contributed by atoms with Crippen molar-refractivity contribution < 1.29 is 0 Å². The lowest BCUT2D eigenvalue weighted by atomic mass is 10.1. The van der Waals surface area contributed by atoms with E-state index in [1.165, 1.54) is 5.56 Å². The van der Waals surface area contributed by atoms with Gasteiger partial charge in [-0.15, -0.1) is 0 Å². The van der Waals surface area contributed by atoms with Gasteiger partial charge in [-0.05, 0) is 31.1 Å². The second kappa shape index (κ2) is 5.32. The lowest BCUT2D eigenvalue weighted by Gasteiger charge is -2.00. The van der Waals surface area contributed by atoms with Gasteiger partial charge < -0.3 is 0 Å². The third kappa shape index (κ3) is 2.78. The normalized spacial score (nSPS) is 10.6. The summed E-state index contributed by atoms with van der Waals surface area (Å²) in [7, 11) is 0. The first-order valence-electron chi connectivity index (χ1n) is 5.86. The van der Waals surface area contributed by atoms with Crippen LogP contribution in [0.3, 0.4) is 0 Å². The average molecular weight is 251 g/mol. The Morgan fingerprint density at radius 1 is 1.32 bits per heavy atom. The summed E-state index contributed by atoms with van der Waals surface area (Å²) in [6.45, 7) is 3.74. The highest BCUT2D eigenvalue weighted by Gasteiger charge is 2.07. The van der Waals surface area contributed by atoms with Crippen LogP contribution in [-0.2, 0) is 0 Å². The molecule has 0 bridgehead atoms. The minimum Gasteiger partial charge on any atom is -0.267 e. The molecule has 1 aromatic carbocycles. The lowest BCUT2D eigenvalue weighted by Crippen LogP contribution is -2.15. The molecule has 0 spiro atoms. The van der Waals surface area contributed by atoms with Crippen molar-refractivity contribution in [2.24, 2.45) is 0 Å². The first kappa shape index (κ1) is 12.8. The maximum absolute atomic E-state index is 11.4. The number of aromatic nitrogens is 2. The van der Waals surface area contributed by atoms with Crippen LogP contribution in [0, 0.1) is 25.2 Å². The summed E-state index contributed by atoms with van der Waals surface area (Å²) in [6.07, 6.45) is 3.70. The smallest absolute Gasteiger partial charge is 0.267 e. The monoisotopic (exact) mass is 251 g/mol. The minimum atomic E-state index is -0.451. The molecule has 0 radical (unpaired) electrons. The van der Waals surface area contributed by atoms with E-state index >= 15 is 0 Å². The Kier molecular flexibility index (Phi) is 3.58. The molecular formula is C15H13N3O. The number of nitrogens with one attached hydrogen (secondary N) is 1. The van der Waals surface area contributed by atoms with Crippen LogP contribution < -0.4 is 5.56 Å². The average Bonchev–Trinajstić information content (AvgIpc) is 2.38. The molecule has 0 atom stereocenters. The first-order valence-corrected chi connectivity index (χ1v) is 5.86. The van der Waals surface area contributed by atoms with Gasteiger partial charge in [-0.3, -0.25) is 4.79 Å². The predicted molar refractivity (Wildman–Crippen MR) is 74.4 cm³/mol. The fourth-order valence-corrected chi connectivity index (χ4v) is 1.79. The lowest BCUT2D eigenvalue weighted by molar-refractivity contribution is 0.952. The fourth-order valence-electron chi connectivity index (χ4n) is 1.79. The topological polar surface area (TPSA) is 69.5 Å². The molecule has 0 unspecified atom stereocenters. The number of nitrogens with zero attached hydrogens (tertiary/aromatic N) is 2. The van der Waals surface area contributed by atoms with Gasteiger partial charge in [-0.1, -0.05) is 35.9 Å². The molecule has 0 saturated heterocycles. The second-order valence-corrected chi connectivity index (χ2v) is 4.30. The summed E-state index contributed by atoms with van der Waals surface area (Å²) >= 11 is 0. The molecule has 0 fully saturated rings. The maximum atomic E-state index is 11.4. The van der Waals surface area contributed by atoms with Crippen LogP contribution in [0.5, 0.6) is 0 Å². The molecule has 2 rings (SSSR count). The molecule has 0 aliphatic heterocycles. The van der Waals surface area contributed by atoms with Crippen molar-refractivity contribution in [3.8, 4) is 6.07 Å². The van der Waals surface area contributed by atoms with E-state index in [0.717, 1.165) is 5.56 Å². The van der Waals surface area contributed by atoms with E-state index in [2.05, 4.69) is 10.2 Å². The molecule has 1 aromatic heterocycles. The number of hydrogen-bond acceptors (Lipinski definition) is 3. The van der Waals surface area contributed by atoms with Crippen LogP contribution in [-0.4, -0.2) is 10.2 Å². The highest BCUT2D eigenvalue weighted by atomic mass is 16.1. The van der Waals surface area contributed by atoms with Crippen molar-refractivity contribution in [1.29, 1.82) is 5.26 Å². The molecular weight excluding hydrogens is 238 g/mol. The molecule has 19 heavy (non-hydrogen) atoms. The van der Waals surface area contributed by atoms with E-state index in [1.807, 2.05) is 43.3 Å². The Morgan fingerprint density at radius 3 is 2.79 bits per heavy atom. The van der Waals surface area contributed by atoms with Crippen LogP contribution in [0.1, 0.15) is 27.9 Å². The summed E-state index contributed by atoms with van der Waals surface area (Å²) in [5, 5.41) is 15.2. The van der Waals surface area contributed by atoms with Crippen LogP contribution in [0.4, 0.5) is 0 Å². The van der Waals surface area contributed by atoms with Crippen LogP contribution in [0.25, 0.3) is 12.2 Å². The highest BCUT2D eigenvalue weighted by Crippen LogP contribution is 2.11. The van der Waals surface area contributed by atoms with Crippen molar-refractivity contribution in [2.75, 3.05) is 0 Å². The molecule has 94 valence electrons. The molecule has 0 aliphatic rings. The minimum absolute atomic E-state index is 0.110. The zero-order valence-corrected chi connectivity index (χ0v) is 10.8. The van der Waals surface area contributed by atoms with Gasteiger partial charge in [0.1, 0.15) is 11.6 Å². The first-order chi connectivity index (χ1) is 9.11. The summed E-state index contributed by atoms with van der Waals surface area (Å²) in [5.74, 6) is 0. The predicted octanol–water partition coefficient (Wildman–Crippen LogP) is 2.43. The van der Waals surface area contributed by atoms with E-state index in [9.17, 15) is 4.79 Å². The number of rotatable bonds is 2. The standard InChI is InChI=1S/C15H13N3O/c1-10-4-3-5-12(8-10)6-7-14-11(2)13(9-16)15(19)18-17-14/h3-8H,1-2H3,(H,18,19)/b7-6+.